The van der Waals surface area contributed by atoms with Crippen molar-refractivity contribution in [3.8, 4) is 0 Å². The zero-order valence-electron chi connectivity index (χ0n) is 9.83. The Hall–Kier alpha value is -1.44. The van der Waals surface area contributed by atoms with Crippen molar-refractivity contribution in [2.45, 2.75) is 11.0 Å². The van der Waals surface area contributed by atoms with Crippen molar-refractivity contribution < 1.29 is 18.3 Å². The summed E-state index contributed by atoms with van der Waals surface area (Å²) in [5.74, 6) is -0.583. The Morgan fingerprint density at radius 2 is 2.06 bits per heavy atom. The van der Waals surface area contributed by atoms with Crippen molar-refractivity contribution in [2.75, 3.05) is 20.1 Å². The lowest BCUT2D eigenvalue weighted by molar-refractivity contribution is 0.0794. The summed E-state index contributed by atoms with van der Waals surface area (Å²) in [5, 5.41) is 12.3. The van der Waals surface area contributed by atoms with Crippen molar-refractivity contribution in [3.05, 3.63) is 29.8 Å². The molecule has 0 bridgehead atoms. The molecule has 0 aromatic heterocycles. The number of aliphatic hydroxyl groups excluding tert-OH is 1. The van der Waals surface area contributed by atoms with E-state index < -0.39 is 22.0 Å². The SMILES string of the molecule is CNCC(O)CN1C(=O)c2ccccc2S1(=O)=O. The quantitative estimate of drug-likeness (QED) is 0.764. The van der Waals surface area contributed by atoms with Crippen molar-refractivity contribution in [1.82, 2.24) is 9.62 Å². The summed E-state index contributed by atoms with van der Waals surface area (Å²) in [5.41, 5.74) is 0.161. The molecule has 0 spiro atoms. The smallest absolute Gasteiger partial charge is 0.269 e. The monoisotopic (exact) mass is 270 g/mol. The number of nitrogens with zero attached hydrogens (tertiary/aromatic N) is 1. The highest BCUT2D eigenvalue weighted by atomic mass is 32.2. The minimum atomic E-state index is -3.81. The van der Waals surface area contributed by atoms with Crippen LogP contribution in [0.3, 0.4) is 0 Å². The molecule has 98 valence electrons. The van der Waals surface area contributed by atoms with Crippen LogP contribution in [0, 0.1) is 0 Å². The van der Waals surface area contributed by atoms with Gasteiger partial charge >= 0.3 is 0 Å². The fourth-order valence-electron chi connectivity index (χ4n) is 1.90. The second-order valence-corrected chi connectivity index (χ2v) is 5.88. The maximum absolute atomic E-state index is 12.1. The van der Waals surface area contributed by atoms with Gasteiger partial charge in [-0.2, -0.15) is 0 Å². The van der Waals surface area contributed by atoms with E-state index in [2.05, 4.69) is 5.32 Å². The predicted molar refractivity (Wildman–Crippen MR) is 64.6 cm³/mol. The average molecular weight is 270 g/mol. The van der Waals surface area contributed by atoms with Crippen LogP contribution in [0.4, 0.5) is 0 Å². The Morgan fingerprint density at radius 3 is 2.67 bits per heavy atom. The van der Waals surface area contributed by atoms with Crippen molar-refractivity contribution in [2.24, 2.45) is 0 Å². The number of fused-ring (bicyclic) bond motifs is 1. The molecule has 1 aliphatic rings. The highest BCUT2D eigenvalue weighted by Gasteiger charge is 2.41. The van der Waals surface area contributed by atoms with Gasteiger partial charge in [0.2, 0.25) is 0 Å². The van der Waals surface area contributed by atoms with Gasteiger partial charge in [-0.05, 0) is 19.2 Å². The zero-order valence-corrected chi connectivity index (χ0v) is 10.6. The van der Waals surface area contributed by atoms with Crippen LogP contribution >= 0.6 is 0 Å². The van der Waals surface area contributed by atoms with E-state index in [0.717, 1.165) is 4.31 Å². The highest BCUT2D eigenvalue weighted by molar-refractivity contribution is 7.90. The van der Waals surface area contributed by atoms with Crippen LogP contribution < -0.4 is 5.32 Å². The van der Waals surface area contributed by atoms with Crippen molar-refractivity contribution in [3.63, 3.8) is 0 Å². The third-order valence-electron chi connectivity index (χ3n) is 2.73. The van der Waals surface area contributed by atoms with E-state index in [1.165, 1.54) is 12.1 Å². The van der Waals surface area contributed by atoms with E-state index in [4.69, 9.17) is 0 Å². The molecule has 2 rings (SSSR count). The third-order valence-corrected chi connectivity index (χ3v) is 4.54. The van der Waals surface area contributed by atoms with Crippen LogP contribution in [0.2, 0.25) is 0 Å². The minimum Gasteiger partial charge on any atom is -0.390 e. The number of carbonyl (C=O) groups is 1. The number of hydrogen-bond donors (Lipinski definition) is 2. The van der Waals surface area contributed by atoms with Crippen LogP contribution in [0.1, 0.15) is 10.4 Å². The molecule has 1 heterocycles. The first-order valence-corrected chi connectivity index (χ1v) is 6.91. The van der Waals surface area contributed by atoms with Gasteiger partial charge in [-0.15, -0.1) is 0 Å². The molecule has 7 heteroatoms. The van der Waals surface area contributed by atoms with Crippen molar-refractivity contribution >= 4 is 15.9 Å². The first-order valence-electron chi connectivity index (χ1n) is 5.47. The molecule has 0 radical (unpaired) electrons. The molecule has 1 aromatic rings. The Bertz CT molecular complexity index is 570. The molecule has 6 nitrogen and oxygen atoms in total. The molecular formula is C11H14N2O4S. The lowest BCUT2D eigenvalue weighted by Gasteiger charge is -2.18. The standard InChI is InChI=1S/C11H14N2O4S/c1-12-6-8(14)7-13-11(15)9-4-2-3-5-10(9)18(13,16)17/h2-5,8,12,14H,6-7H2,1H3. The molecule has 0 saturated carbocycles. The molecule has 0 fully saturated rings. The number of hydrogen-bond acceptors (Lipinski definition) is 5. The molecule has 1 unspecified atom stereocenters. The minimum absolute atomic E-state index is 0.00616. The van der Waals surface area contributed by atoms with Crippen LogP contribution in [0.15, 0.2) is 29.2 Å². The van der Waals surface area contributed by atoms with Crippen LogP contribution in [-0.2, 0) is 10.0 Å². The maximum Gasteiger partial charge on any atom is 0.269 e. The third kappa shape index (κ3) is 2.00. The first kappa shape index (κ1) is 13.0. The molecule has 18 heavy (non-hydrogen) atoms. The average Bonchev–Trinajstić information content (AvgIpc) is 2.52. The Balaban J connectivity index is 2.34. The number of likely N-dealkylation sites (N-methyl/N-ethyl adjacent to an activating group) is 1. The van der Waals surface area contributed by atoms with Gasteiger partial charge in [0.15, 0.2) is 0 Å². The highest BCUT2D eigenvalue weighted by Crippen LogP contribution is 2.29. The van der Waals surface area contributed by atoms with Gasteiger partial charge in [0.05, 0.1) is 18.2 Å². The second kappa shape index (κ2) is 4.68. The fraction of sp³-hybridized carbons (Fsp3) is 0.364. The first-order chi connectivity index (χ1) is 8.48. The summed E-state index contributed by atoms with van der Waals surface area (Å²) >= 11 is 0. The van der Waals surface area contributed by atoms with Gasteiger partial charge in [0.1, 0.15) is 4.90 Å². The maximum atomic E-state index is 12.1. The summed E-state index contributed by atoms with van der Waals surface area (Å²) in [4.78, 5) is 12.0. The normalized spacial score (nSPS) is 18.8. The number of sulfonamides is 1. The Morgan fingerprint density at radius 1 is 1.39 bits per heavy atom. The number of nitrogens with one attached hydrogen (secondary N) is 1. The van der Waals surface area contributed by atoms with E-state index in [1.807, 2.05) is 0 Å². The van der Waals surface area contributed by atoms with E-state index >= 15 is 0 Å². The number of aliphatic hydroxyl groups is 1. The fourth-order valence-corrected chi connectivity index (χ4v) is 3.51. The number of amides is 1. The van der Waals surface area contributed by atoms with E-state index in [-0.39, 0.29) is 23.5 Å². The Labute approximate surface area is 105 Å². The predicted octanol–water partition coefficient (Wildman–Crippen LogP) is -0.589. The number of benzene rings is 1. The second-order valence-electron chi connectivity index (χ2n) is 4.05. The lowest BCUT2D eigenvalue weighted by Crippen LogP contribution is -2.40. The van der Waals surface area contributed by atoms with Gasteiger partial charge in [0, 0.05) is 6.54 Å². The van der Waals surface area contributed by atoms with Gasteiger partial charge < -0.3 is 10.4 Å². The van der Waals surface area contributed by atoms with Crippen LogP contribution in [0.5, 0.6) is 0 Å². The summed E-state index contributed by atoms with van der Waals surface area (Å²) in [6.45, 7) is -0.0215. The summed E-state index contributed by atoms with van der Waals surface area (Å²) in [6, 6.07) is 6.05. The molecule has 0 aliphatic carbocycles. The summed E-state index contributed by atoms with van der Waals surface area (Å²) in [6.07, 6.45) is -0.928. The van der Waals surface area contributed by atoms with E-state index in [9.17, 15) is 18.3 Å². The van der Waals surface area contributed by atoms with Gasteiger partial charge in [-0.3, -0.25) is 4.79 Å². The van der Waals surface area contributed by atoms with Gasteiger partial charge in [-0.25, -0.2) is 12.7 Å². The summed E-state index contributed by atoms with van der Waals surface area (Å²) < 4.78 is 24.9. The van der Waals surface area contributed by atoms with Crippen LogP contribution in [-0.4, -0.2) is 50.0 Å². The molecular weight excluding hydrogens is 256 g/mol. The number of rotatable bonds is 4. The molecule has 0 saturated heterocycles. The largest absolute Gasteiger partial charge is 0.390 e. The van der Waals surface area contributed by atoms with Gasteiger partial charge in [-0.1, -0.05) is 12.1 Å². The number of β-amino-alcohol motifs (C(OH)–C–C–N with tert-alkyl or cyclic N) is 1. The number of carbonyl (C=O) groups excluding carboxylic acids is 1. The molecule has 1 aromatic carbocycles. The molecule has 1 atom stereocenters. The summed E-state index contributed by atoms with van der Waals surface area (Å²) in [7, 11) is -2.18. The molecule has 1 amide bonds. The van der Waals surface area contributed by atoms with E-state index in [1.54, 1.807) is 19.2 Å². The van der Waals surface area contributed by atoms with E-state index in [0.29, 0.717) is 0 Å². The lowest BCUT2D eigenvalue weighted by atomic mass is 10.2. The topological polar surface area (TPSA) is 86.7 Å². The molecule has 2 N–H and O–H groups in total. The van der Waals surface area contributed by atoms with Crippen LogP contribution in [0.25, 0.3) is 0 Å². The zero-order chi connectivity index (χ0) is 13.3. The van der Waals surface area contributed by atoms with Gasteiger partial charge in [0.25, 0.3) is 15.9 Å². The Kier molecular flexibility index (Phi) is 3.38. The van der Waals surface area contributed by atoms with Crippen molar-refractivity contribution in [1.29, 1.82) is 0 Å². The molecule has 1 aliphatic heterocycles.